The van der Waals surface area contributed by atoms with E-state index in [4.69, 9.17) is 0 Å². The van der Waals surface area contributed by atoms with Crippen molar-refractivity contribution >= 4 is 0 Å². The monoisotopic (exact) mass is 289 g/mol. The SMILES string of the molecule is CCCCCCCCCc1ccc(CNCCCC)cc1. The molecule has 1 rings (SSSR count). The van der Waals surface area contributed by atoms with Crippen molar-refractivity contribution < 1.29 is 0 Å². The maximum Gasteiger partial charge on any atom is 0.0205 e. The molecule has 120 valence electrons. The van der Waals surface area contributed by atoms with Crippen molar-refractivity contribution in [2.45, 2.75) is 84.6 Å². The highest BCUT2D eigenvalue weighted by molar-refractivity contribution is 5.22. The number of nitrogens with one attached hydrogen (secondary N) is 1. The highest BCUT2D eigenvalue weighted by atomic mass is 14.8. The van der Waals surface area contributed by atoms with Gasteiger partial charge in [0.2, 0.25) is 0 Å². The van der Waals surface area contributed by atoms with E-state index in [1.807, 2.05) is 0 Å². The number of unbranched alkanes of at least 4 members (excludes halogenated alkanes) is 7. The first-order valence-corrected chi connectivity index (χ1v) is 9.15. The molecule has 0 aromatic heterocycles. The fourth-order valence-corrected chi connectivity index (χ4v) is 2.64. The summed E-state index contributed by atoms with van der Waals surface area (Å²) in [4.78, 5) is 0. The first-order valence-electron chi connectivity index (χ1n) is 9.15. The van der Waals surface area contributed by atoms with Gasteiger partial charge in [-0.15, -0.1) is 0 Å². The maximum absolute atomic E-state index is 3.50. The molecule has 0 saturated heterocycles. The molecule has 0 aliphatic rings. The highest BCUT2D eigenvalue weighted by Gasteiger charge is 1.96. The van der Waals surface area contributed by atoms with Crippen molar-refractivity contribution in [3.63, 3.8) is 0 Å². The topological polar surface area (TPSA) is 12.0 Å². The van der Waals surface area contributed by atoms with E-state index < -0.39 is 0 Å². The third-order valence-corrected chi connectivity index (χ3v) is 4.13. The average molecular weight is 290 g/mol. The van der Waals surface area contributed by atoms with E-state index in [1.165, 1.54) is 75.3 Å². The number of rotatable bonds is 13. The minimum Gasteiger partial charge on any atom is -0.313 e. The Bertz CT molecular complexity index is 328. The molecule has 0 heterocycles. The van der Waals surface area contributed by atoms with Crippen LogP contribution in [0, 0.1) is 0 Å². The molecule has 1 N–H and O–H groups in total. The Kier molecular flexibility index (Phi) is 11.2. The standard InChI is InChI=1S/C20H35N/c1-3-5-7-8-9-10-11-12-19-13-15-20(16-14-19)18-21-17-6-4-2/h13-16,21H,3-12,17-18H2,1-2H3. The van der Waals surface area contributed by atoms with Gasteiger partial charge < -0.3 is 5.32 Å². The van der Waals surface area contributed by atoms with Crippen LogP contribution in [0.5, 0.6) is 0 Å². The zero-order chi connectivity index (χ0) is 15.2. The third-order valence-electron chi connectivity index (χ3n) is 4.13. The second-order valence-electron chi connectivity index (χ2n) is 6.22. The van der Waals surface area contributed by atoms with Crippen LogP contribution in [0.15, 0.2) is 24.3 Å². The van der Waals surface area contributed by atoms with Crippen LogP contribution in [0.2, 0.25) is 0 Å². The lowest BCUT2D eigenvalue weighted by atomic mass is 10.0. The Hall–Kier alpha value is -0.820. The quantitative estimate of drug-likeness (QED) is 0.448. The van der Waals surface area contributed by atoms with Crippen LogP contribution in [0.4, 0.5) is 0 Å². The molecule has 0 aliphatic carbocycles. The normalized spacial score (nSPS) is 11.0. The lowest BCUT2D eigenvalue weighted by molar-refractivity contribution is 0.589. The second-order valence-corrected chi connectivity index (χ2v) is 6.22. The van der Waals surface area contributed by atoms with Gasteiger partial charge in [0, 0.05) is 6.54 Å². The first kappa shape index (κ1) is 18.2. The van der Waals surface area contributed by atoms with Crippen molar-refractivity contribution in [2.24, 2.45) is 0 Å². The third kappa shape index (κ3) is 9.68. The molecular formula is C20H35N. The maximum atomic E-state index is 3.50. The molecule has 0 amide bonds. The van der Waals surface area contributed by atoms with Gasteiger partial charge in [0.1, 0.15) is 0 Å². The number of hydrogen-bond donors (Lipinski definition) is 1. The predicted molar refractivity (Wildman–Crippen MR) is 94.8 cm³/mol. The van der Waals surface area contributed by atoms with E-state index >= 15 is 0 Å². The predicted octanol–water partition coefficient (Wildman–Crippen LogP) is 5.87. The van der Waals surface area contributed by atoms with Crippen molar-refractivity contribution in [1.29, 1.82) is 0 Å². The van der Waals surface area contributed by atoms with Crippen molar-refractivity contribution in [3.05, 3.63) is 35.4 Å². The van der Waals surface area contributed by atoms with Gasteiger partial charge >= 0.3 is 0 Å². The van der Waals surface area contributed by atoms with Crippen molar-refractivity contribution in [3.8, 4) is 0 Å². The van der Waals surface area contributed by atoms with Gasteiger partial charge in [-0.1, -0.05) is 83.1 Å². The largest absolute Gasteiger partial charge is 0.313 e. The molecule has 0 saturated carbocycles. The molecular weight excluding hydrogens is 254 g/mol. The van der Waals surface area contributed by atoms with Crippen LogP contribution in [0.25, 0.3) is 0 Å². The van der Waals surface area contributed by atoms with Gasteiger partial charge in [0.15, 0.2) is 0 Å². The fourth-order valence-electron chi connectivity index (χ4n) is 2.64. The summed E-state index contributed by atoms with van der Waals surface area (Å²) in [5.41, 5.74) is 2.91. The lowest BCUT2D eigenvalue weighted by Crippen LogP contribution is -2.14. The Balaban J connectivity index is 2.07. The number of hydrogen-bond acceptors (Lipinski definition) is 1. The fraction of sp³-hybridized carbons (Fsp3) is 0.700. The summed E-state index contributed by atoms with van der Waals surface area (Å²) >= 11 is 0. The molecule has 1 aromatic rings. The summed E-state index contributed by atoms with van der Waals surface area (Å²) < 4.78 is 0. The molecule has 0 unspecified atom stereocenters. The van der Waals surface area contributed by atoms with E-state index in [2.05, 4.69) is 43.4 Å². The van der Waals surface area contributed by atoms with E-state index in [0.29, 0.717) is 0 Å². The van der Waals surface area contributed by atoms with Gasteiger partial charge in [-0.25, -0.2) is 0 Å². The summed E-state index contributed by atoms with van der Waals surface area (Å²) in [6, 6.07) is 9.20. The minimum atomic E-state index is 1.01. The Morgan fingerprint density at radius 2 is 1.24 bits per heavy atom. The lowest BCUT2D eigenvalue weighted by Gasteiger charge is -2.06. The molecule has 0 bridgehead atoms. The van der Waals surface area contributed by atoms with Crippen molar-refractivity contribution in [2.75, 3.05) is 6.54 Å². The molecule has 1 heteroatoms. The van der Waals surface area contributed by atoms with Crippen LogP contribution in [-0.2, 0) is 13.0 Å². The molecule has 1 nitrogen and oxygen atoms in total. The Morgan fingerprint density at radius 3 is 1.90 bits per heavy atom. The summed E-state index contributed by atoms with van der Waals surface area (Å²) in [7, 11) is 0. The van der Waals surface area contributed by atoms with E-state index in [9.17, 15) is 0 Å². The minimum absolute atomic E-state index is 1.01. The highest BCUT2D eigenvalue weighted by Crippen LogP contribution is 2.11. The Labute approximate surface area is 132 Å². The summed E-state index contributed by atoms with van der Waals surface area (Å²) in [6.45, 7) is 6.66. The summed E-state index contributed by atoms with van der Waals surface area (Å²) in [5.74, 6) is 0. The summed E-state index contributed by atoms with van der Waals surface area (Å²) in [5, 5.41) is 3.50. The molecule has 0 radical (unpaired) electrons. The smallest absolute Gasteiger partial charge is 0.0205 e. The molecule has 0 spiro atoms. The van der Waals surface area contributed by atoms with Gasteiger partial charge in [0.25, 0.3) is 0 Å². The van der Waals surface area contributed by atoms with Gasteiger partial charge in [-0.05, 0) is 36.9 Å². The zero-order valence-corrected chi connectivity index (χ0v) is 14.3. The van der Waals surface area contributed by atoms with Crippen LogP contribution in [-0.4, -0.2) is 6.54 Å². The van der Waals surface area contributed by atoms with Crippen LogP contribution < -0.4 is 5.32 Å². The molecule has 21 heavy (non-hydrogen) atoms. The number of aryl methyl sites for hydroxylation is 1. The van der Waals surface area contributed by atoms with Crippen LogP contribution in [0.1, 0.15) is 82.8 Å². The molecule has 1 aromatic carbocycles. The first-order chi connectivity index (χ1) is 10.4. The Morgan fingerprint density at radius 1 is 0.667 bits per heavy atom. The number of benzene rings is 1. The van der Waals surface area contributed by atoms with Gasteiger partial charge in [-0.3, -0.25) is 0 Å². The second kappa shape index (κ2) is 12.9. The van der Waals surface area contributed by atoms with E-state index in [0.717, 1.165) is 13.1 Å². The molecule has 0 aliphatic heterocycles. The van der Waals surface area contributed by atoms with Crippen LogP contribution in [0.3, 0.4) is 0 Å². The molecule has 0 atom stereocenters. The van der Waals surface area contributed by atoms with Crippen LogP contribution >= 0.6 is 0 Å². The zero-order valence-electron chi connectivity index (χ0n) is 14.3. The summed E-state index contributed by atoms with van der Waals surface area (Å²) in [6.07, 6.45) is 13.6. The van der Waals surface area contributed by atoms with Crippen molar-refractivity contribution in [1.82, 2.24) is 5.32 Å². The molecule has 0 fully saturated rings. The average Bonchev–Trinajstić information content (AvgIpc) is 2.52. The van der Waals surface area contributed by atoms with Gasteiger partial charge in [-0.2, -0.15) is 0 Å². The van der Waals surface area contributed by atoms with Gasteiger partial charge in [0.05, 0.1) is 0 Å². The van der Waals surface area contributed by atoms with E-state index in [-0.39, 0.29) is 0 Å². The van der Waals surface area contributed by atoms with E-state index in [1.54, 1.807) is 0 Å².